The van der Waals surface area contributed by atoms with Crippen molar-refractivity contribution in [2.24, 2.45) is 0 Å². The van der Waals surface area contributed by atoms with Crippen molar-refractivity contribution in [2.75, 3.05) is 14.2 Å². The van der Waals surface area contributed by atoms with Crippen LogP contribution in [0.2, 0.25) is 0 Å². The number of alkyl halides is 3. The Morgan fingerprint density at radius 3 is 0.911 bits per heavy atom. The number of rotatable bonds is 13. The van der Waals surface area contributed by atoms with E-state index in [1.54, 1.807) is 18.6 Å². The summed E-state index contributed by atoms with van der Waals surface area (Å²) in [6, 6.07) is 120. The monoisotopic (exact) mass is 1870 g/mol. The van der Waals surface area contributed by atoms with E-state index >= 15 is 0 Å². The average molecular weight is 1870 g/mol. The van der Waals surface area contributed by atoms with Crippen LogP contribution < -0.4 is 0 Å². The van der Waals surface area contributed by atoms with E-state index in [0.717, 1.165) is 119 Å². The fourth-order valence-corrected chi connectivity index (χ4v) is 12.0. The number of para-hydroxylation sites is 2. The van der Waals surface area contributed by atoms with Crippen molar-refractivity contribution >= 4 is 32.2 Å². The molecule has 16 rings (SSSR count). The van der Waals surface area contributed by atoms with Crippen LogP contribution in [0.1, 0.15) is 49.9 Å². The SMILES string of the molecule is CCc1cccc(CC)c1-n1c(-c2[c-]cccc2)nc2cc(-c3ccccc3)ccc21.CCc1cccc(CC)c1-n1c(-c2ccccc2)nc2cc(-c3ccccc3)ccc21.CO.CO.O=S(=O)(O)C(F)(F)F.[Ir].[Ir].[c-]1ccccc1-c1ccccn1.[c-]1ccccc1-c1ccccn1.[c-]1ccccc1-c1ccccn1. The molecule has 112 heavy (non-hydrogen) atoms. The third-order valence-corrected chi connectivity index (χ3v) is 17.7. The van der Waals surface area contributed by atoms with Gasteiger partial charge in [0, 0.05) is 84.3 Å². The Kier molecular flexibility index (Phi) is 35.5. The molecule has 18 heteroatoms. The van der Waals surface area contributed by atoms with E-state index in [0.29, 0.717) is 0 Å². The third-order valence-electron chi connectivity index (χ3n) is 17.1. The van der Waals surface area contributed by atoms with Crippen LogP contribution in [0, 0.1) is 24.3 Å². The molecule has 574 valence electrons. The van der Waals surface area contributed by atoms with Crippen LogP contribution in [0.5, 0.6) is 0 Å². The van der Waals surface area contributed by atoms with Crippen molar-refractivity contribution < 1.29 is 76.6 Å². The Balaban J connectivity index is 0.000000198. The predicted molar refractivity (Wildman–Crippen MR) is 440 cm³/mol. The Morgan fingerprint density at radius 2 is 0.625 bits per heavy atom. The number of imidazole rings is 2. The van der Waals surface area contributed by atoms with Crippen molar-refractivity contribution in [3.05, 3.63) is 381 Å². The quantitative estimate of drug-likeness (QED) is 0.0574. The molecule has 0 aliphatic heterocycles. The van der Waals surface area contributed by atoms with Crippen molar-refractivity contribution in [2.45, 2.75) is 58.9 Å². The Labute approximate surface area is 681 Å². The third kappa shape index (κ3) is 23.6. The second kappa shape index (κ2) is 45.2. The van der Waals surface area contributed by atoms with E-state index in [1.165, 1.54) is 55.9 Å². The van der Waals surface area contributed by atoms with Crippen LogP contribution in [-0.4, -0.2) is 77.0 Å². The summed E-state index contributed by atoms with van der Waals surface area (Å²) in [6.45, 7) is 8.90. The zero-order chi connectivity index (χ0) is 78.1. The molecule has 0 bridgehead atoms. The minimum Gasteiger partial charge on any atom is -0.400 e. The minimum atomic E-state index is -5.84. The predicted octanol–water partition coefficient (Wildman–Crippen LogP) is 22.0. The normalized spacial score (nSPS) is 10.4. The van der Waals surface area contributed by atoms with Gasteiger partial charge in [0.1, 0.15) is 5.82 Å². The molecular formula is C94H84F3Ir2N7O5S-4. The van der Waals surface area contributed by atoms with Gasteiger partial charge in [-0.3, -0.25) is 14.1 Å². The van der Waals surface area contributed by atoms with Gasteiger partial charge in [0.15, 0.2) is 0 Å². The second-order valence-corrected chi connectivity index (χ2v) is 25.4. The Morgan fingerprint density at radius 1 is 0.339 bits per heavy atom. The number of aromatic nitrogens is 7. The molecule has 0 fully saturated rings. The van der Waals surface area contributed by atoms with Gasteiger partial charge in [0.25, 0.3) is 0 Å². The first-order chi connectivity index (χ1) is 53.7. The molecule has 0 atom stereocenters. The molecule has 3 N–H and O–H groups in total. The number of pyridine rings is 3. The zero-order valence-electron chi connectivity index (χ0n) is 62.6. The summed E-state index contributed by atoms with van der Waals surface area (Å²) in [5.41, 5.74) is 19.6. The van der Waals surface area contributed by atoms with Crippen LogP contribution in [0.4, 0.5) is 13.2 Å². The largest absolute Gasteiger partial charge is 0.522 e. The molecule has 0 aliphatic rings. The van der Waals surface area contributed by atoms with Crippen LogP contribution in [0.3, 0.4) is 0 Å². The molecule has 12 nitrogen and oxygen atoms in total. The number of aryl methyl sites for hydroxylation is 4. The molecule has 0 spiro atoms. The van der Waals surface area contributed by atoms with Crippen LogP contribution in [0.15, 0.2) is 334 Å². The second-order valence-electron chi connectivity index (χ2n) is 24.0. The summed E-state index contributed by atoms with van der Waals surface area (Å²) >= 11 is 0. The van der Waals surface area contributed by atoms with Crippen molar-refractivity contribution in [1.29, 1.82) is 0 Å². The van der Waals surface area contributed by atoms with Gasteiger partial charge in [0.2, 0.25) is 0 Å². The first-order valence-electron chi connectivity index (χ1n) is 35.7. The number of hydrogen-bond acceptors (Lipinski definition) is 9. The number of halogens is 3. The van der Waals surface area contributed by atoms with E-state index < -0.39 is 15.6 Å². The maximum Gasteiger partial charge on any atom is 0.522 e. The summed E-state index contributed by atoms with van der Waals surface area (Å²) in [7, 11) is -3.84. The summed E-state index contributed by atoms with van der Waals surface area (Å²) in [4.78, 5) is 22.9. The fraction of sp³-hybridized carbons (Fsp3) is 0.117. The zero-order valence-corrected chi connectivity index (χ0v) is 68.2. The van der Waals surface area contributed by atoms with Gasteiger partial charge in [-0.05, 0) is 130 Å². The molecule has 0 saturated heterocycles. The maximum atomic E-state index is 10.7. The van der Waals surface area contributed by atoms with Gasteiger partial charge in [-0.25, -0.2) is 4.98 Å². The molecule has 5 heterocycles. The number of aliphatic hydroxyl groups is 2. The molecule has 0 amide bonds. The molecular weight excluding hydrogens is 1780 g/mol. The number of aliphatic hydroxyl groups excluding tert-OH is 2. The van der Waals surface area contributed by atoms with Crippen LogP contribution in [0.25, 0.3) is 112 Å². The molecule has 5 aromatic heterocycles. The van der Waals surface area contributed by atoms with Gasteiger partial charge >= 0.3 is 15.6 Å². The van der Waals surface area contributed by atoms with Gasteiger partial charge in [-0.2, -0.15) is 21.6 Å². The Bertz CT molecular complexity index is 4970. The van der Waals surface area contributed by atoms with E-state index in [1.807, 2.05) is 146 Å². The number of benzene rings is 11. The molecule has 11 aromatic carbocycles. The fourth-order valence-electron chi connectivity index (χ4n) is 12.0. The first-order valence-corrected chi connectivity index (χ1v) is 37.2. The molecule has 16 aromatic rings. The number of fused-ring (bicyclic) bond motifs is 2. The summed E-state index contributed by atoms with van der Waals surface area (Å²) in [5, 5.41) is 14.0. The summed E-state index contributed by atoms with van der Waals surface area (Å²) < 4.78 is 62.3. The summed E-state index contributed by atoms with van der Waals surface area (Å²) in [6.07, 6.45) is 9.28. The van der Waals surface area contributed by atoms with E-state index in [-0.39, 0.29) is 40.2 Å². The van der Waals surface area contributed by atoms with Gasteiger partial charge in [-0.1, -0.05) is 204 Å². The topological polar surface area (TPSA) is 169 Å². The average Bonchev–Trinajstić information content (AvgIpc) is 1.59. The van der Waals surface area contributed by atoms with Gasteiger partial charge in [0.05, 0.1) is 33.6 Å². The smallest absolute Gasteiger partial charge is 0.400 e. The van der Waals surface area contributed by atoms with Crippen LogP contribution >= 0.6 is 0 Å². The van der Waals surface area contributed by atoms with E-state index in [9.17, 15) is 13.2 Å². The molecule has 0 saturated carbocycles. The van der Waals surface area contributed by atoms with Crippen molar-refractivity contribution in [1.82, 2.24) is 34.1 Å². The van der Waals surface area contributed by atoms with Gasteiger partial charge < -0.3 is 29.7 Å². The molecule has 2 radical (unpaired) electrons. The minimum absolute atomic E-state index is 0. The Hall–Kier alpha value is -11.3. The van der Waals surface area contributed by atoms with Gasteiger partial charge in [-0.15, -0.1) is 144 Å². The summed E-state index contributed by atoms with van der Waals surface area (Å²) in [5.74, 6) is 1.94. The number of hydrogen-bond donors (Lipinski definition) is 3. The maximum absolute atomic E-state index is 10.7. The molecule has 0 unspecified atom stereocenters. The van der Waals surface area contributed by atoms with E-state index in [4.69, 9.17) is 33.2 Å². The van der Waals surface area contributed by atoms with E-state index in [2.05, 4.69) is 246 Å². The van der Waals surface area contributed by atoms with Crippen molar-refractivity contribution in [3.63, 3.8) is 0 Å². The van der Waals surface area contributed by atoms with Crippen molar-refractivity contribution in [3.8, 4) is 90.2 Å². The number of nitrogens with zero attached hydrogens (tertiary/aromatic N) is 7. The first kappa shape index (κ1) is 87.9. The van der Waals surface area contributed by atoms with Crippen LogP contribution in [-0.2, 0) is 76.0 Å². The standard InChI is InChI=1S/C29H26N2.C29H25N2.3C11H8N.CHF3O3S.2CH4O.2Ir/c2*1-3-21-16-11-17-22(4-2)28(21)31-27-19-18-25(23-12-7-5-8-13-23)20-26(27)30-29(31)24-14-9-6-10-15-24;3*1-2-6-10(7-3-1)11-8-4-5-9-12-11;2-1(3,4)8(5,6)7;2*1-2;;/h5-20H,3-4H2,1-2H3;5-14,16-20H,3-4H2,1-2H3;3*1-6,8-9H;(H,5,6,7);2*2H,1H3;;/q;4*-1;;;;;. The molecule has 0 aliphatic carbocycles.